The first-order valence-corrected chi connectivity index (χ1v) is 4.95. The molecule has 1 atom stereocenters. The average molecular weight is 177 g/mol. The summed E-state index contributed by atoms with van der Waals surface area (Å²) in [7, 11) is 0. The van der Waals surface area contributed by atoms with Crippen LogP contribution in [0.25, 0.3) is 0 Å². The van der Waals surface area contributed by atoms with Crippen LogP contribution in [0.3, 0.4) is 0 Å². The van der Waals surface area contributed by atoms with E-state index in [0.717, 1.165) is 6.54 Å². The molecule has 0 aromatic heterocycles. The third kappa shape index (κ3) is 2.56. The van der Waals surface area contributed by atoms with E-state index in [2.05, 4.69) is 45.0 Å². The molecule has 0 saturated heterocycles. The zero-order valence-corrected chi connectivity index (χ0v) is 8.75. The lowest BCUT2D eigenvalue weighted by molar-refractivity contribution is 0.767. The summed E-state index contributed by atoms with van der Waals surface area (Å²) in [5, 5.41) is 0. The van der Waals surface area contributed by atoms with Crippen molar-refractivity contribution in [3.8, 4) is 0 Å². The van der Waals surface area contributed by atoms with Crippen LogP contribution in [0.15, 0.2) is 24.3 Å². The number of hydrogen-bond acceptors (Lipinski definition) is 1. The van der Waals surface area contributed by atoms with Crippen molar-refractivity contribution in [1.82, 2.24) is 0 Å². The summed E-state index contributed by atoms with van der Waals surface area (Å²) in [4.78, 5) is 0. The topological polar surface area (TPSA) is 26.0 Å². The van der Waals surface area contributed by atoms with Crippen molar-refractivity contribution >= 4 is 0 Å². The summed E-state index contributed by atoms with van der Waals surface area (Å²) in [5.41, 5.74) is 8.39. The molecule has 0 bridgehead atoms. The van der Waals surface area contributed by atoms with Crippen LogP contribution in [0, 0.1) is 0 Å². The summed E-state index contributed by atoms with van der Waals surface area (Å²) < 4.78 is 0. The molecule has 1 unspecified atom stereocenters. The van der Waals surface area contributed by atoms with Gasteiger partial charge in [-0.25, -0.2) is 0 Å². The van der Waals surface area contributed by atoms with Gasteiger partial charge in [-0.15, -0.1) is 0 Å². The van der Waals surface area contributed by atoms with Crippen LogP contribution >= 0.6 is 0 Å². The smallest absolute Gasteiger partial charge is 0.00109 e. The van der Waals surface area contributed by atoms with E-state index in [9.17, 15) is 0 Å². The van der Waals surface area contributed by atoms with Crippen molar-refractivity contribution in [3.05, 3.63) is 35.4 Å². The molecule has 1 rings (SSSR count). The van der Waals surface area contributed by atoms with Crippen molar-refractivity contribution in [2.45, 2.75) is 32.6 Å². The molecule has 13 heavy (non-hydrogen) atoms. The van der Waals surface area contributed by atoms with Gasteiger partial charge in [-0.3, -0.25) is 0 Å². The van der Waals surface area contributed by atoms with Crippen LogP contribution in [0.4, 0.5) is 0 Å². The second kappa shape index (κ2) is 4.43. The molecule has 0 aliphatic heterocycles. The molecular formula is C12H19N. The highest BCUT2D eigenvalue weighted by molar-refractivity contribution is 5.28. The molecular weight excluding hydrogens is 158 g/mol. The number of benzene rings is 1. The van der Waals surface area contributed by atoms with Gasteiger partial charge in [0, 0.05) is 0 Å². The lowest BCUT2D eigenvalue weighted by atomic mass is 9.95. The maximum atomic E-state index is 5.63. The van der Waals surface area contributed by atoms with E-state index in [-0.39, 0.29) is 0 Å². The van der Waals surface area contributed by atoms with Gasteiger partial charge in [0.1, 0.15) is 0 Å². The van der Waals surface area contributed by atoms with Crippen molar-refractivity contribution in [1.29, 1.82) is 0 Å². The Morgan fingerprint density at radius 2 is 1.77 bits per heavy atom. The molecule has 1 heteroatoms. The lowest BCUT2D eigenvalue weighted by Gasteiger charge is -2.12. The molecule has 1 nitrogen and oxygen atoms in total. The Morgan fingerprint density at radius 3 is 2.31 bits per heavy atom. The second-order valence-corrected chi connectivity index (χ2v) is 3.96. The molecule has 0 aliphatic carbocycles. The number of nitrogens with two attached hydrogens (primary N) is 1. The van der Waals surface area contributed by atoms with Crippen LogP contribution in [0.5, 0.6) is 0 Å². The van der Waals surface area contributed by atoms with Gasteiger partial charge in [0.25, 0.3) is 0 Å². The molecule has 1 aromatic rings. The first kappa shape index (κ1) is 10.3. The SMILES string of the molecule is CC(C)c1cccc(C(C)CN)c1. The second-order valence-electron chi connectivity index (χ2n) is 3.96. The highest BCUT2D eigenvalue weighted by Crippen LogP contribution is 2.20. The fourth-order valence-corrected chi connectivity index (χ4v) is 1.36. The molecule has 0 aliphatic rings. The number of hydrogen-bond donors (Lipinski definition) is 1. The Kier molecular flexibility index (Phi) is 3.49. The van der Waals surface area contributed by atoms with Gasteiger partial charge in [0.2, 0.25) is 0 Å². The first-order valence-electron chi connectivity index (χ1n) is 4.95. The molecule has 0 spiro atoms. The Morgan fingerprint density at radius 1 is 1.15 bits per heavy atom. The number of rotatable bonds is 3. The largest absolute Gasteiger partial charge is 0.330 e. The molecule has 0 amide bonds. The molecule has 2 N–H and O–H groups in total. The standard InChI is InChI=1S/C12H19N/c1-9(2)11-5-4-6-12(7-11)10(3)8-13/h4-7,9-10H,8,13H2,1-3H3. The van der Waals surface area contributed by atoms with Crippen LogP contribution in [0.2, 0.25) is 0 Å². The van der Waals surface area contributed by atoms with Crippen LogP contribution in [-0.2, 0) is 0 Å². The van der Waals surface area contributed by atoms with Gasteiger partial charge in [-0.05, 0) is 29.5 Å². The maximum Gasteiger partial charge on any atom is -0.00109 e. The van der Waals surface area contributed by atoms with E-state index >= 15 is 0 Å². The minimum atomic E-state index is 0.471. The first-order chi connectivity index (χ1) is 6.15. The lowest BCUT2D eigenvalue weighted by Crippen LogP contribution is -2.09. The maximum absolute atomic E-state index is 5.63. The van der Waals surface area contributed by atoms with Crippen molar-refractivity contribution in [2.24, 2.45) is 5.73 Å². The summed E-state index contributed by atoms with van der Waals surface area (Å²) in [6.07, 6.45) is 0. The van der Waals surface area contributed by atoms with Crippen LogP contribution in [0.1, 0.15) is 43.7 Å². The van der Waals surface area contributed by atoms with Gasteiger partial charge in [-0.1, -0.05) is 45.0 Å². The van der Waals surface area contributed by atoms with E-state index in [0.29, 0.717) is 11.8 Å². The molecule has 0 saturated carbocycles. The molecule has 0 radical (unpaired) electrons. The summed E-state index contributed by atoms with van der Waals surface area (Å²) in [5.74, 6) is 1.07. The molecule has 1 aromatic carbocycles. The minimum Gasteiger partial charge on any atom is -0.330 e. The van der Waals surface area contributed by atoms with Crippen molar-refractivity contribution in [2.75, 3.05) is 6.54 Å². The predicted octanol–water partition coefficient (Wildman–Crippen LogP) is 2.87. The van der Waals surface area contributed by atoms with Gasteiger partial charge >= 0.3 is 0 Å². The highest BCUT2D eigenvalue weighted by atomic mass is 14.5. The normalized spacial score (nSPS) is 13.3. The predicted molar refractivity (Wildman–Crippen MR) is 58.0 cm³/mol. The third-order valence-corrected chi connectivity index (χ3v) is 2.50. The van der Waals surface area contributed by atoms with E-state index < -0.39 is 0 Å². The Labute approximate surface area is 81.0 Å². The molecule has 72 valence electrons. The van der Waals surface area contributed by atoms with E-state index in [1.807, 2.05) is 0 Å². The summed E-state index contributed by atoms with van der Waals surface area (Å²) in [6, 6.07) is 8.72. The Bertz CT molecular complexity index is 266. The van der Waals surface area contributed by atoms with Gasteiger partial charge < -0.3 is 5.73 Å². The monoisotopic (exact) mass is 177 g/mol. The summed E-state index contributed by atoms with van der Waals surface area (Å²) in [6.45, 7) is 7.32. The molecule has 0 heterocycles. The Balaban J connectivity index is 2.91. The van der Waals surface area contributed by atoms with E-state index in [4.69, 9.17) is 5.73 Å². The van der Waals surface area contributed by atoms with Crippen molar-refractivity contribution in [3.63, 3.8) is 0 Å². The zero-order valence-electron chi connectivity index (χ0n) is 8.75. The van der Waals surface area contributed by atoms with Gasteiger partial charge in [-0.2, -0.15) is 0 Å². The van der Waals surface area contributed by atoms with E-state index in [1.165, 1.54) is 11.1 Å². The van der Waals surface area contributed by atoms with Gasteiger partial charge in [0.05, 0.1) is 0 Å². The van der Waals surface area contributed by atoms with E-state index in [1.54, 1.807) is 0 Å². The van der Waals surface area contributed by atoms with Gasteiger partial charge in [0.15, 0.2) is 0 Å². The van der Waals surface area contributed by atoms with Crippen LogP contribution < -0.4 is 5.73 Å². The zero-order chi connectivity index (χ0) is 9.84. The fourth-order valence-electron chi connectivity index (χ4n) is 1.36. The quantitative estimate of drug-likeness (QED) is 0.755. The highest BCUT2D eigenvalue weighted by Gasteiger charge is 2.05. The molecule has 0 fully saturated rings. The average Bonchev–Trinajstić information content (AvgIpc) is 2.17. The summed E-state index contributed by atoms with van der Waals surface area (Å²) >= 11 is 0. The minimum absolute atomic E-state index is 0.471. The van der Waals surface area contributed by atoms with Crippen LogP contribution in [-0.4, -0.2) is 6.54 Å². The van der Waals surface area contributed by atoms with Crippen molar-refractivity contribution < 1.29 is 0 Å². The Hall–Kier alpha value is -0.820. The third-order valence-electron chi connectivity index (χ3n) is 2.50. The fraction of sp³-hybridized carbons (Fsp3) is 0.500.